The molecule has 2 aliphatic rings. The van der Waals surface area contributed by atoms with Crippen LogP contribution in [0.25, 0.3) is 0 Å². The Bertz CT molecular complexity index is 611. The van der Waals surface area contributed by atoms with Gasteiger partial charge in [-0.15, -0.1) is 0 Å². The van der Waals surface area contributed by atoms with E-state index >= 15 is 0 Å². The van der Waals surface area contributed by atoms with E-state index in [0.717, 1.165) is 18.4 Å². The van der Waals surface area contributed by atoms with Crippen molar-refractivity contribution in [2.75, 3.05) is 6.16 Å². The highest BCUT2D eigenvalue weighted by Crippen LogP contribution is 2.64. The summed E-state index contributed by atoms with van der Waals surface area (Å²) in [5.74, 6) is 0. The lowest BCUT2D eigenvalue weighted by Crippen LogP contribution is -2.33. The van der Waals surface area contributed by atoms with E-state index in [9.17, 15) is 4.57 Å². The Morgan fingerprint density at radius 2 is 2.00 bits per heavy atom. The van der Waals surface area contributed by atoms with E-state index in [1.807, 2.05) is 18.2 Å². The quantitative estimate of drug-likeness (QED) is 0.534. The minimum Gasteiger partial charge on any atom is -0.307 e. The molecule has 1 aliphatic carbocycles. The summed E-state index contributed by atoms with van der Waals surface area (Å²) in [6.07, 6.45) is 7.44. The Balaban J connectivity index is 1.88. The van der Waals surface area contributed by atoms with Gasteiger partial charge in [0.25, 0.3) is 7.52 Å². The lowest BCUT2D eigenvalue weighted by molar-refractivity contribution is 0.197. The largest absolute Gasteiger partial charge is 0.307 e. The van der Waals surface area contributed by atoms with E-state index < -0.39 is 7.52 Å². The zero-order chi connectivity index (χ0) is 16.4. The van der Waals surface area contributed by atoms with Gasteiger partial charge >= 0.3 is 0 Å². The van der Waals surface area contributed by atoms with E-state index in [1.165, 1.54) is 18.4 Å². The van der Waals surface area contributed by atoms with Gasteiger partial charge in [0.15, 0.2) is 0 Å². The summed E-state index contributed by atoms with van der Waals surface area (Å²) in [6.45, 7) is 6.39. The fraction of sp³-hybridized carbons (Fsp3) is 0.579. The molecule has 4 heteroatoms. The predicted octanol–water partition coefficient (Wildman–Crippen LogP) is 5.55. The van der Waals surface area contributed by atoms with Gasteiger partial charge in [0.1, 0.15) is 6.10 Å². The molecule has 1 aliphatic heterocycles. The Hall–Kier alpha value is -0.890. The molecular formula is C19H28NO2P. The van der Waals surface area contributed by atoms with Crippen molar-refractivity contribution in [1.82, 2.24) is 4.67 Å². The summed E-state index contributed by atoms with van der Waals surface area (Å²) in [5.41, 5.74) is 2.45. The van der Waals surface area contributed by atoms with Crippen LogP contribution in [0.15, 0.2) is 42.0 Å². The molecule has 0 saturated carbocycles. The topological polar surface area (TPSA) is 29.5 Å². The van der Waals surface area contributed by atoms with Gasteiger partial charge in [-0.25, -0.2) is 4.67 Å². The zero-order valence-corrected chi connectivity index (χ0v) is 15.3. The third-order valence-corrected chi connectivity index (χ3v) is 7.82. The van der Waals surface area contributed by atoms with Crippen LogP contribution in [0.1, 0.15) is 58.1 Å². The number of allylic oxidation sites excluding steroid dienone is 2. The molecule has 0 N–H and O–H groups in total. The van der Waals surface area contributed by atoms with Gasteiger partial charge in [0.2, 0.25) is 0 Å². The van der Waals surface area contributed by atoms with Crippen LogP contribution in [0.3, 0.4) is 0 Å². The summed E-state index contributed by atoms with van der Waals surface area (Å²) in [7, 11) is -2.82. The maximum Gasteiger partial charge on any atom is 0.277 e. The number of rotatable bonds is 4. The number of hydrogen-bond acceptors (Lipinski definition) is 2. The van der Waals surface area contributed by atoms with Crippen molar-refractivity contribution in [3.05, 3.63) is 47.5 Å². The fourth-order valence-electron chi connectivity index (χ4n) is 3.96. The zero-order valence-electron chi connectivity index (χ0n) is 14.4. The molecular weight excluding hydrogens is 305 g/mol. The molecule has 0 bridgehead atoms. The van der Waals surface area contributed by atoms with Crippen molar-refractivity contribution in [2.24, 2.45) is 0 Å². The first-order valence-corrected chi connectivity index (χ1v) is 10.6. The van der Waals surface area contributed by atoms with Crippen LogP contribution in [0.4, 0.5) is 0 Å². The fourth-order valence-corrected chi connectivity index (χ4v) is 7.14. The molecule has 23 heavy (non-hydrogen) atoms. The van der Waals surface area contributed by atoms with Crippen molar-refractivity contribution in [2.45, 2.75) is 64.6 Å². The number of hydrogen-bond donors (Lipinski definition) is 0. The molecule has 3 atom stereocenters. The molecule has 0 radical (unpaired) electrons. The van der Waals surface area contributed by atoms with Crippen LogP contribution >= 0.6 is 7.52 Å². The first-order chi connectivity index (χ1) is 11.0. The van der Waals surface area contributed by atoms with Crippen molar-refractivity contribution >= 4 is 7.52 Å². The van der Waals surface area contributed by atoms with E-state index in [0.29, 0.717) is 6.16 Å². The van der Waals surface area contributed by atoms with Gasteiger partial charge in [-0.1, -0.05) is 42.0 Å². The normalized spacial score (nSPS) is 32.3. The summed E-state index contributed by atoms with van der Waals surface area (Å²) >= 11 is 0. The Morgan fingerprint density at radius 3 is 2.61 bits per heavy atom. The molecule has 1 fully saturated rings. The summed E-state index contributed by atoms with van der Waals surface area (Å²) in [6, 6.07) is 10.6. The Morgan fingerprint density at radius 1 is 1.26 bits per heavy atom. The standard InChI is InChI=1S/C19H28NO2P/c1-15(2)20-16(3)19(18-12-8-5-9-13-18)22-23(20,21)14-17-10-6-4-7-11-17/h5,8-10,12-13,15-16,19H,4,6-7,11,14H2,1-3H3/t16?,19-,23?/m0/s1. The van der Waals surface area contributed by atoms with Crippen molar-refractivity contribution in [1.29, 1.82) is 0 Å². The summed E-state index contributed by atoms with van der Waals surface area (Å²) in [5, 5.41) is 0. The van der Waals surface area contributed by atoms with Crippen molar-refractivity contribution < 1.29 is 9.09 Å². The number of nitrogens with zero attached hydrogens (tertiary/aromatic N) is 1. The van der Waals surface area contributed by atoms with Crippen molar-refractivity contribution in [3.8, 4) is 0 Å². The third-order valence-electron chi connectivity index (χ3n) is 4.93. The molecule has 0 aromatic heterocycles. The highest BCUT2D eigenvalue weighted by molar-refractivity contribution is 7.57. The molecule has 0 amide bonds. The average Bonchev–Trinajstić information content (AvgIpc) is 2.80. The van der Waals surface area contributed by atoms with E-state index in [-0.39, 0.29) is 18.2 Å². The molecule has 126 valence electrons. The molecule has 0 spiro atoms. The molecule has 1 heterocycles. The minimum absolute atomic E-state index is 0.103. The molecule has 2 unspecified atom stereocenters. The lowest BCUT2D eigenvalue weighted by Gasteiger charge is -2.30. The summed E-state index contributed by atoms with van der Waals surface area (Å²) in [4.78, 5) is 0. The molecule has 3 rings (SSSR count). The molecule has 1 aromatic rings. The first-order valence-electron chi connectivity index (χ1n) is 8.80. The van der Waals surface area contributed by atoms with Gasteiger partial charge in [-0.3, -0.25) is 4.57 Å². The van der Waals surface area contributed by atoms with Crippen LogP contribution < -0.4 is 0 Å². The molecule has 3 nitrogen and oxygen atoms in total. The SMILES string of the molecule is CC(C)N1C(C)[C@@H](c2ccccc2)OP1(=O)CC1=CCCCC1. The van der Waals surface area contributed by atoms with Crippen LogP contribution in [0.5, 0.6) is 0 Å². The van der Waals surface area contributed by atoms with Gasteiger partial charge in [-0.2, -0.15) is 0 Å². The Labute approximate surface area is 140 Å². The first kappa shape index (κ1) is 17.0. The van der Waals surface area contributed by atoms with Gasteiger partial charge in [0.05, 0.1) is 6.16 Å². The van der Waals surface area contributed by atoms with Crippen LogP contribution in [-0.2, 0) is 9.09 Å². The minimum atomic E-state index is -2.82. The maximum atomic E-state index is 13.7. The summed E-state index contributed by atoms with van der Waals surface area (Å²) < 4.78 is 22.1. The van der Waals surface area contributed by atoms with Gasteiger partial charge in [-0.05, 0) is 52.0 Å². The number of benzene rings is 1. The highest BCUT2D eigenvalue weighted by Gasteiger charge is 2.49. The average molecular weight is 333 g/mol. The maximum absolute atomic E-state index is 13.7. The lowest BCUT2D eigenvalue weighted by atomic mass is 10.0. The third kappa shape index (κ3) is 3.47. The van der Waals surface area contributed by atoms with Gasteiger partial charge in [0, 0.05) is 12.1 Å². The molecule has 1 saturated heterocycles. The monoisotopic (exact) mass is 333 g/mol. The smallest absolute Gasteiger partial charge is 0.277 e. The predicted molar refractivity (Wildman–Crippen MR) is 95.7 cm³/mol. The van der Waals surface area contributed by atoms with E-state index in [2.05, 4.69) is 43.7 Å². The van der Waals surface area contributed by atoms with Crippen LogP contribution in [0.2, 0.25) is 0 Å². The second-order valence-corrected chi connectivity index (χ2v) is 9.32. The van der Waals surface area contributed by atoms with E-state index in [1.54, 1.807) is 0 Å². The Kier molecular flexibility index (Phi) is 5.10. The van der Waals surface area contributed by atoms with Crippen LogP contribution in [0, 0.1) is 0 Å². The van der Waals surface area contributed by atoms with Crippen LogP contribution in [-0.4, -0.2) is 22.9 Å². The van der Waals surface area contributed by atoms with Gasteiger partial charge < -0.3 is 4.52 Å². The second-order valence-electron chi connectivity index (χ2n) is 7.05. The van der Waals surface area contributed by atoms with E-state index in [4.69, 9.17) is 4.52 Å². The highest BCUT2D eigenvalue weighted by atomic mass is 31.2. The second kappa shape index (κ2) is 6.93. The molecule has 1 aromatic carbocycles. The van der Waals surface area contributed by atoms with Crippen molar-refractivity contribution in [3.63, 3.8) is 0 Å².